The number of thioether (sulfide) groups is 1. The fourth-order valence-electron chi connectivity index (χ4n) is 1.62. The lowest BCUT2D eigenvalue weighted by Crippen LogP contribution is -2.12. The SMILES string of the molecule is CC1CSCc2c(Br)cccc2C1=O. The van der Waals surface area contributed by atoms with Crippen LogP contribution in [0.2, 0.25) is 0 Å². The summed E-state index contributed by atoms with van der Waals surface area (Å²) in [5.74, 6) is 2.30. The molecule has 0 spiro atoms. The molecular formula is C11H11BrOS. The Morgan fingerprint density at radius 2 is 2.29 bits per heavy atom. The molecule has 0 N–H and O–H groups in total. The number of carbonyl (C=O) groups excluding carboxylic acids is 1. The molecule has 2 rings (SSSR count). The maximum atomic E-state index is 12.0. The van der Waals surface area contributed by atoms with E-state index in [1.165, 1.54) is 0 Å². The summed E-state index contributed by atoms with van der Waals surface area (Å²) in [7, 11) is 0. The van der Waals surface area contributed by atoms with Crippen molar-refractivity contribution in [3.8, 4) is 0 Å². The van der Waals surface area contributed by atoms with Crippen LogP contribution >= 0.6 is 27.7 Å². The van der Waals surface area contributed by atoms with Gasteiger partial charge in [-0.25, -0.2) is 0 Å². The maximum Gasteiger partial charge on any atom is 0.166 e. The predicted molar refractivity (Wildman–Crippen MR) is 63.8 cm³/mol. The minimum Gasteiger partial charge on any atom is -0.294 e. The van der Waals surface area contributed by atoms with Crippen LogP contribution in [0, 0.1) is 5.92 Å². The smallest absolute Gasteiger partial charge is 0.166 e. The molecule has 3 heteroatoms. The molecule has 1 aliphatic heterocycles. The fourth-order valence-corrected chi connectivity index (χ4v) is 3.44. The van der Waals surface area contributed by atoms with Crippen molar-refractivity contribution in [2.45, 2.75) is 12.7 Å². The van der Waals surface area contributed by atoms with E-state index < -0.39 is 0 Å². The molecular weight excluding hydrogens is 260 g/mol. The summed E-state index contributed by atoms with van der Waals surface area (Å²) >= 11 is 5.33. The molecule has 1 aromatic rings. The maximum absolute atomic E-state index is 12.0. The summed E-state index contributed by atoms with van der Waals surface area (Å²) in [6.07, 6.45) is 0. The number of Topliss-reactive ketones (excluding diaryl/α,β-unsaturated/α-hetero) is 1. The molecule has 14 heavy (non-hydrogen) atoms. The highest BCUT2D eigenvalue weighted by atomic mass is 79.9. The molecule has 0 fully saturated rings. The first-order valence-corrected chi connectivity index (χ1v) is 6.54. The minimum atomic E-state index is 0.149. The predicted octanol–water partition coefficient (Wildman–Crippen LogP) is 3.51. The van der Waals surface area contributed by atoms with Crippen LogP contribution in [-0.2, 0) is 5.75 Å². The fraction of sp³-hybridized carbons (Fsp3) is 0.364. The summed E-state index contributed by atoms with van der Waals surface area (Å²) in [6, 6.07) is 5.87. The van der Waals surface area contributed by atoms with Gasteiger partial charge in [-0.05, 0) is 11.6 Å². The molecule has 1 unspecified atom stereocenters. The Morgan fingerprint density at radius 3 is 3.07 bits per heavy atom. The molecule has 0 radical (unpaired) electrons. The van der Waals surface area contributed by atoms with Gasteiger partial charge in [0, 0.05) is 27.5 Å². The zero-order chi connectivity index (χ0) is 10.1. The van der Waals surface area contributed by atoms with E-state index in [0.717, 1.165) is 27.1 Å². The van der Waals surface area contributed by atoms with Gasteiger partial charge in [-0.1, -0.05) is 35.0 Å². The van der Waals surface area contributed by atoms with Crippen molar-refractivity contribution in [2.24, 2.45) is 5.92 Å². The largest absolute Gasteiger partial charge is 0.294 e. The lowest BCUT2D eigenvalue weighted by molar-refractivity contribution is 0.0942. The second-order valence-electron chi connectivity index (χ2n) is 3.55. The van der Waals surface area contributed by atoms with Crippen molar-refractivity contribution in [3.63, 3.8) is 0 Å². The van der Waals surface area contributed by atoms with Crippen LogP contribution in [-0.4, -0.2) is 11.5 Å². The summed E-state index contributed by atoms with van der Waals surface area (Å²) in [4.78, 5) is 12.0. The first-order valence-electron chi connectivity index (χ1n) is 4.59. The van der Waals surface area contributed by atoms with E-state index in [1.807, 2.05) is 36.9 Å². The van der Waals surface area contributed by atoms with Gasteiger partial charge in [0.15, 0.2) is 5.78 Å². The van der Waals surface area contributed by atoms with Gasteiger partial charge in [0.05, 0.1) is 0 Å². The van der Waals surface area contributed by atoms with Crippen LogP contribution in [0.15, 0.2) is 22.7 Å². The normalized spacial score (nSPS) is 21.6. The van der Waals surface area contributed by atoms with Gasteiger partial charge in [0.1, 0.15) is 0 Å². The second kappa shape index (κ2) is 4.07. The number of fused-ring (bicyclic) bond motifs is 1. The number of hydrogen-bond acceptors (Lipinski definition) is 2. The molecule has 1 aromatic carbocycles. The van der Waals surface area contributed by atoms with E-state index in [9.17, 15) is 4.79 Å². The standard InChI is InChI=1S/C11H11BrOS/c1-7-5-14-6-9-8(11(7)13)3-2-4-10(9)12/h2-4,7H,5-6H2,1H3. The zero-order valence-corrected chi connectivity index (χ0v) is 10.3. The van der Waals surface area contributed by atoms with Crippen LogP contribution in [0.25, 0.3) is 0 Å². The molecule has 0 aromatic heterocycles. The van der Waals surface area contributed by atoms with Crippen molar-refractivity contribution >= 4 is 33.5 Å². The highest BCUT2D eigenvalue weighted by molar-refractivity contribution is 9.10. The lowest BCUT2D eigenvalue weighted by atomic mass is 9.97. The highest BCUT2D eigenvalue weighted by Gasteiger charge is 2.22. The number of benzene rings is 1. The summed E-state index contributed by atoms with van der Waals surface area (Å²) < 4.78 is 1.06. The minimum absolute atomic E-state index is 0.149. The molecule has 1 aliphatic rings. The van der Waals surface area contributed by atoms with Gasteiger partial charge >= 0.3 is 0 Å². The molecule has 0 bridgehead atoms. The quantitative estimate of drug-likeness (QED) is 0.718. The van der Waals surface area contributed by atoms with Crippen molar-refractivity contribution in [3.05, 3.63) is 33.8 Å². The Balaban J connectivity index is 2.53. The number of carbonyl (C=O) groups is 1. The van der Waals surface area contributed by atoms with Gasteiger partial charge in [0.2, 0.25) is 0 Å². The zero-order valence-electron chi connectivity index (χ0n) is 7.92. The topological polar surface area (TPSA) is 17.1 Å². The van der Waals surface area contributed by atoms with Crippen molar-refractivity contribution < 1.29 is 4.79 Å². The summed E-state index contributed by atoms with van der Waals surface area (Å²) in [6.45, 7) is 2.01. The number of rotatable bonds is 0. The van der Waals surface area contributed by atoms with Gasteiger partial charge in [-0.15, -0.1) is 0 Å². The third-order valence-electron chi connectivity index (χ3n) is 2.45. The van der Waals surface area contributed by atoms with E-state index in [0.29, 0.717) is 0 Å². The van der Waals surface area contributed by atoms with Crippen LogP contribution in [0.3, 0.4) is 0 Å². The second-order valence-corrected chi connectivity index (χ2v) is 5.43. The summed E-state index contributed by atoms with van der Waals surface area (Å²) in [5.41, 5.74) is 2.06. The van der Waals surface area contributed by atoms with E-state index in [1.54, 1.807) is 0 Å². The first-order chi connectivity index (χ1) is 6.70. The van der Waals surface area contributed by atoms with Gasteiger partial charge in [0.25, 0.3) is 0 Å². The van der Waals surface area contributed by atoms with E-state index in [-0.39, 0.29) is 11.7 Å². The molecule has 74 valence electrons. The van der Waals surface area contributed by atoms with Gasteiger partial charge in [-0.2, -0.15) is 11.8 Å². The summed E-state index contributed by atoms with van der Waals surface area (Å²) in [5, 5.41) is 0. The van der Waals surface area contributed by atoms with Gasteiger partial charge < -0.3 is 0 Å². The van der Waals surface area contributed by atoms with E-state index in [4.69, 9.17) is 0 Å². The Labute approximate surface area is 96.4 Å². The van der Waals surface area contributed by atoms with Crippen LogP contribution in [0.5, 0.6) is 0 Å². The Morgan fingerprint density at radius 1 is 1.50 bits per heavy atom. The molecule has 1 heterocycles. The third kappa shape index (κ3) is 1.75. The van der Waals surface area contributed by atoms with Crippen LogP contribution in [0.1, 0.15) is 22.8 Å². The molecule has 1 nitrogen and oxygen atoms in total. The van der Waals surface area contributed by atoms with E-state index >= 15 is 0 Å². The Bertz CT molecular complexity index is 376. The monoisotopic (exact) mass is 270 g/mol. The lowest BCUT2D eigenvalue weighted by Gasteiger charge is -2.07. The first kappa shape index (κ1) is 10.2. The Hall–Kier alpha value is -0.280. The van der Waals surface area contributed by atoms with Crippen molar-refractivity contribution in [1.29, 1.82) is 0 Å². The van der Waals surface area contributed by atoms with E-state index in [2.05, 4.69) is 15.9 Å². The number of halogens is 1. The van der Waals surface area contributed by atoms with Crippen LogP contribution < -0.4 is 0 Å². The van der Waals surface area contributed by atoms with Crippen LogP contribution in [0.4, 0.5) is 0 Å². The van der Waals surface area contributed by atoms with Crippen molar-refractivity contribution in [2.75, 3.05) is 5.75 Å². The number of hydrogen-bond donors (Lipinski definition) is 0. The van der Waals surface area contributed by atoms with Crippen molar-refractivity contribution in [1.82, 2.24) is 0 Å². The average molecular weight is 271 g/mol. The molecule has 0 amide bonds. The highest BCUT2D eigenvalue weighted by Crippen LogP contribution is 2.31. The molecule has 1 atom stereocenters. The molecule has 0 saturated heterocycles. The number of ketones is 1. The average Bonchev–Trinajstić information content (AvgIpc) is 2.31. The molecule has 0 saturated carbocycles. The third-order valence-corrected chi connectivity index (χ3v) is 4.42. The van der Waals surface area contributed by atoms with Gasteiger partial charge in [-0.3, -0.25) is 4.79 Å². The molecule has 0 aliphatic carbocycles. The Kier molecular flexibility index (Phi) is 2.98.